The normalized spacial score (nSPS) is 24.1. The number of hydrogen-bond donors (Lipinski definition) is 1. The Balaban J connectivity index is 1.71. The minimum absolute atomic E-state index is 0.195. The van der Waals surface area contributed by atoms with Crippen LogP contribution >= 0.6 is 11.6 Å². The van der Waals surface area contributed by atoms with Crippen molar-refractivity contribution in [3.63, 3.8) is 0 Å². The van der Waals surface area contributed by atoms with Gasteiger partial charge in [-0.3, -0.25) is 4.79 Å². The molecule has 2 rings (SSSR count). The van der Waals surface area contributed by atoms with Gasteiger partial charge in [-0.25, -0.2) is 0 Å². The summed E-state index contributed by atoms with van der Waals surface area (Å²) < 4.78 is 0. The fourth-order valence-corrected chi connectivity index (χ4v) is 4.03. The van der Waals surface area contributed by atoms with Gasteiger partial charge in [0.2, 0.25) is 5.91 Å². The molecule has 0 aromatic carbocycles. The lowest BCUT2D eigenvalue weighted by molar-refractivity contribution is -0.122. The highest BCUT2D eigenvalue weighted by molar-refractivity contribution is 6.18. The van der Waals surface area contributed by atoms with E-state index >= 15 is 0 Å². The van der Waals surface area contributed by atoms with Gasteiger partial charge < -0.3 is 5.32 Å². The van der Waals surface area contributed by atoms with E-state index in [4.69, 9.17) is 11.6 Å². The van der Waals surface area contributed by atoms with Crippen LogP contribution in [0.1, 0.15) is 70.6 Å². The predicted molar refractivity (Wildman–Crippen MR) is 80.4 cm³/mol. The molecule has 0 aromatic rings. The molecule has 0 aromatic heterocycles. The molecule has 2 aliphatic rings. The zero-order chi connectivity index (χ0) is 13.6. The third-order valence-corrected chi connectivity index (χ3v) is 5.62. The largest absolute Gasteiger partial charge is 0.355 e. The quantitative estimate of drug-likeness (QED) is 0.593. The average molecular weight is 286 g/mol. The topological polar surface area (TPSA) is 29.1 Å². The number of carbonyl (C=O) groups is 1. The molecule has 3 heteroatoms. The number of hydrogen-bond acceptors (Lipinski definition) is 1. The number of amides is 1. The summed E-state index contributed by atoms with van der Waals surface area (Å²) in [6, 6.07) is 0. The lowest BCUT2D eigenvalue weighted by Crippen LogP contribution is -2.37. The van der Waals surface area contributed by atoms with Gasteiger partial charge >= 0.3 is 0 Å². The van der Waals surface area contributed by atoms with Crippen molar-refractivity contribution in [3.8, 4) is 0 Å². The maximum absolute atomic E-state index is 12.1. The van der Waals surface area contributed by atoms with Gasteiger partial charge in [-0.15, -0.1) is 11.6 Å². The Morgan fingerprint density at radius 1 is 1.05 bits per heavy atom. The van der Waals surface area contributed by atoms with E-state index in [2.05, 4.69) is 5.32 Å². The first kappa shape index (κ1) is 15.2. The summed E-state index contributed by atoms with van der Waals surface area (Å²) in [6.07, 6.45) is 13.4. The highest BCUT2D eigenvalue weighted by Gasteiger charge is 2.33. The first-order valence-corrected chi connectivity index (χ1v) is 8.60. The Labute approximate surface area is 122 Å². The molecular formula is C16H28ClNO. The van der Waals surface area contributed by atoms with Crippen molar-refractivity contribution >= 4 is 17.5 Å². The minimum atomic E-state index is 0.195. The molecule has 0 heterocycles. The maximum Gasteiger partial charge on any atom is 0.220 e. The van der Waals surface area contributed by atoms with Crippen LogP contribution in [-0.2, 0) is 4.79 Å². The van der Waals surface area contributed by atoms with Crippen LogP contribution in [0, 0.1) is 11.3 Å². The Bertz CT molecular complexity index is 278. The summed E-state index contributed by atoms with van der Waals surface area (Å²) in [5, 5.41) is 3.16. The molecule has 0 radical (unpaired) electrons. The standard InChI is InChI=1S/C16H28ClNO/c17-12-16(9-5-6-10-16)13-18-15(19)11-14-7-3-1-2-4-8-14/h14H,1-13H2,(H,18,19). The SMILES string of the molecule is O=C(CC1CCCCCC1)NCC1(CCl)CCCC1. The molecule has 2 nitrogen and oxygen atoms in total. The Morgan fingerprint density at radius 2 is 1.68 bits per heavy atom. The first-order chi connectivity index (χ1) is 9.24. The summed E-state index contributed by atoms with van der Waals surface area (Å²) >= 11 is 6.11. The summed E-state index contributed by atoms with van der Waals surface area (Å²) in [5.74, 6) is 1.57. The van der Waals surface area contributed by atoms with Gasteiger partial charge in [-0.2, -0.15) is 0 Å². The fraction of sp³-hybridized carbons (Fsp3) is 0.938. The second kappa shape index (κ2) is 7.52. The fourth-order valence-electron chi connectivity index (χ4n) is 3.67. The highest BCUT2D eigenvalue weighted by atomic mass is 35.5. The number of alkyl halides is 1. The summed E-state index contributed by atoms with van der Waals surface area (Å²) in [4.78, 5) is 12.1. The highest BCUT2D eigenvalue weighted by Crippen LogP contribution is 2.38. The van der Waals surface area contributed by atoms with Crippen molar-refractivity contribution in [3.05, 3.63) is 0 Å². The lowest BCUT2D eigenvalue weighted by Gasteiger charge is -2.27. The predicted octanol–water partition coefficient (Wildman–Crippen LogP) is 4.26. The van der Waals surface area contributed by atoms with E-state index in [0.29, 0.717) is 11.8 Å². The first-order valence-electron chi connectivity index (χ1n) is 8.07. The second-order valence-corrected chi connectivity index (χ2v) is 6.95. The number of carbonyl (C=O) groups excluding carboxylic acids is 1. The van der Waals surface area contributed by atoms with Gasteiger partial charge in [0.25, 0.3) is 0 Å². The van der Waals surface area contributed by atoms with Crippen LogP contribution in [0.15, 0.2) is 0 Å². The maximum atomic E-state index is 12.1. The van der Waals surface area contributed by atoms with Crippen molar-refractivity contribution in [2.45, 2.75) is 70.6 Å². The van der Waals surface area contributed by atoms with Gasteiger partial charge in [-0.05, 0) is 31.6 Å². The molecule has 110 valence electrons. The minimum Gasteiger partial charge on any atom is -0.355 e. The molecule has 2 fully saturated rings. The summed E-state index contributed by atoms with van der Waals surface area (Å²) in [7, 11) is 0. The van der Waals surface area contributed by atoms with Gasteiger partial charge in [0.1, 0.15) is 0 Å². The van der Waals surface area contributed by atoms with Gasteiger partial charge in [-0.1, -0.05) is 38.5 Å². The van der Waals surface area contributed by atoms with Crippen molar-refractivity contribution < 1.29 is 4.79 Å². The van der Waals surface area contributed by atoms with Gasteiger partial charge in [0, 0.05) is 24.3 Å². The van der Waals surface area contributed by atoms with E-state index in [0.717, 1.165) is 13.0 Å². The van der Waals surface area contributed by atoms with E-state index in [-0.39, 0.29) is 11.3 Å². The number of rotatable bonds is 5. The number of halogens is 1. The number of nitrogens with one attached hydrogen (secondary N) is 1. The molecule has 2 aliphatic carbocycles. The molecule has 0 bridgehead atoms. The van der Waals surface area contributed by atoms with Crippen molar-refractivity contribution in [2.24, 2.45) is 11.3 Å². The zero-order valence-corrected chi connectivity index (χ0v) is 12.8. The molecule has 0 saturated heterocycles. The molecule has 0 spiro atoms. The van der Waals surface area contributed by atoms with E-state index in [9.17, 15) is 4.79 Å². The molecule has 2 saturated carbocycles. The summed E-state index contributed by atoms with van der Waals surface area (Å²) in [6.45, 7) is 0.794. The van der Waals surface area contributed by atoms with Crippen LogP contribution in [0.5, 0.6) is 0 Å². The van der Waals surface area contributed by atoms with Crippen molar-refractivity contribution in [2.75, 3.05) is 12.4 Å². The van der Waals surface area contributed by atoms with Crippen LogP contribution in [0.25, 0.3) is 0 Å². The third-order valence-electron chi connectivity index (χ3n) is 5.06. The molecule has 1 N–H and O–H groups in total. The van der Waals surface area contributed by atoms with Crippen LogP contribution in [0.4, 0.5) is 0 Å². The molecule has 0 atom stereocenters. The summed E-state index contributed by atoms with van der Waals surface area (Å²) in [5.41, 5.74) is 0.195. The Morgan fingerprint density at radius 3 is 2.26 bits per heavy atom. The van der Waals surface area contributed by atoms with Crippen LogP contribution in [-0.4, -0.2) is 18.3 Å². The molecule has 1 amide bonds. The van der Waals surface area contributed by atoms with E-state index in [1.807, 2.05) is 0 Å². The Kier molecular flexibility index (Phi) is 6.00. The van der Waals surface area contributed by atoms with Crippen molar-refractivity contribution in [1.82, 2.24) is 5.32 Å². The average Bonchev–Trinajstić information content (AvgIpc) is 2.75. The zero-order valence-electron chi connectivity index (χ0n) is 12.1. The van der Waals surface area contributed by atoms with Gasteiger partial charge in [0.05, 0.1) is 0 Å². The third kappa shape index (κ3) is 4.66. The molecular weight excluding hydrogens is 258 g/mol. The Hall–Kier alpha value is -0.240. The molecule has 19 heavy (non-hydrogen) atoms. The van der Waals surface area contributed by atoms with Gasteiger partial charge in [0.15, 0.2) is 0 Å². The lowest BCUT2D eigenvalue weighted by atomic mass is 9.88. The van der Waals surface area contributed by atoms with Crippen LogP contribution in [0.2, 0.25) is 0 Å². The molecule has 0 aliphatic heterocycles. The molecule has 0 unspecified atom stereocenters. The van der Waals surface area contributed by atoms with E-state index in [1.54, 1.807) is 0 Å². The van der Waals surface area contributed by atoms with E-state index < -0.39 is 0 Å². The smallest absolute Gasteiger partial charge is 0.220 e. The van der Waals surface area contributed by atoms with Crippen LogP contribution < -0.4 is 5.32 Å². The van der Waals surface area contributed by atoms with E-state index in [1.165, 1.54) is 64.2 Å². The monoisotopic (exact) mass is 285 g/mol. The van der Waals surface area contributed by atoms with Crippen molar-refractivity contribution in [1.29, 1.82) is 0 Å². The van der Waals surface area contributed by atoms with Crippen LogP contribution in [0.3, 0.4) is 0 Å². The second-order valence-electron chi connectivity index (χ2n) is 6.68.